The van der Waals surface area contributed by atoms with Gasteiger partial charge in [0.15, 0.2) is 0 Å². The number of rotatable bonds is 13. The number of unbranched alkanes of at least 4 members (excludes halogenated alkanes) is 1. The molecule has 2 fully saturated rings. The minimum atomic E-state index is -1.24. The summed E-state index contributed by atoms with van der Waals surface area (Å²) in [6.45, 7) is 19.7. The molecule has 72 heavy (non-hydrogen) atoms. The standard InChI is InChI=1S/C55H76N10O7/c1-12-14-19-40-48(66)61-43(31-37-32-65(55(8,9)13-2)44-20-16-15-18-38(37)44)53(71)63(11)46(27-33(3)4)50(68)60-42(30-36-22-23-39-41(29-36)57-25-24-56-39)49(67)58-35(7)52(70)62(10)45-21-17-26-64(54(45)72)47(28-34(5)6)51(69)59-40/h13,15-16,18,20,22-25,29,32-35,40,42-43,45-47H,2,12,14,17,19,21,26-28,30-31H2,1,3-11H3,(H,58,67)(H,59,69)(H,60,68)(H,61,66)/t35-,40-,42-,43-,45-,46-,47-/m0/s1. The second-order valence-corrected chi connectivity index (χ2v) is 21.1. The predicted octanol–water partition coefficient (Wildman–Crippen LogP) is 5.19. The number of nitrogens with one attached hydrogen (secondary N) is 4. The van der Waals surface area contributed by atoms with Crippen LogP contribution in [0.2, 0.25) is 0 Å². The molecular formula is C55H76N10O7. The van der Waals surface area contributed by atoms with Crippen molar-refractivity contribution < 1.29 is 33.6 Å². The van der Waals surface area contributed by atoms with Gasteiger partial charge in [-0.05, 0) is 94.0 Å². The number of nitrogens with zero attached hydrogens (tertiary/aromatic N) is 6. The zero-order valence-electron chi connectivity index (χ0n) is 43.9. The Labute approximate surface area is 424 Å². The summed E-state index contributed by atoms with van der Waals surface area (Å²) in [5.74, 6) is -4.02. The predicted molar refractivity (Wildman–Crippen MR) is 278 cm³/mol. The highest BCUT2D eigenvalue weighted by atomic mass is 16.2. The zero-order valence-corrected chi connectivity index (χ0v) is 43.9. The highest BCUT2D eigenvalue weighted by Gasteiger charge is 2.43. The molecule has 388 valence electrons. The SMILES string of the molecule is C=CC(C)(C)n1cc(C[C@@H]2NC(=O)[C@H](CCCC)NC(=O)[C@H](CC(C)C)N3CCC[C@@H](C3=O)N(C)C(=O)[C@H](C)NC(=O)[C@H](Cc3ccc4nccnc4c3)NC(=O)[C@H](CC(C)C)N(C)C2=O)c2ccccc21. The van der Waals surface area contributed by atoms with Gasteiger partial charge in [0, 0.05) is 63.0 Å². The summed E-state index contributed by atoms with van der Waals surface area (Å²) in [5, 5.41) is 12.7. The van der Waals surface area contributed by atoms with Gasteiger partial charge >= 0.3 is 0 Å². The Balaban J connectivity index is 1.48. The second-order valence-electron chi connectivity index (χ2n) is 21.1. The number of fused-ring (bicyclic) bond motifs is 4. The van der Waals surface area contributed by atoms with E-state index in [1.807, 2.05) is 85.0 Å². The molecule has 17 heteroatoms. The molecule has 0 unspecified atom stereocenters. The monoisotopic (exact) mass is 989 g/mol. The van der Waals surface area contributed by atoms with Gasteiger partial charge in [-0.25, -0.2) is 0 Å². The van der Waals surface area contributed by atoms with E-state index in [1.165, 1.54) is 35.7 Å². The summed E-state index contributed by atoms with van der Waals surface area (Å²) in [5.41, 5.74) is 3.00. The summed E-state index contributed by atoms with van der Waals surface area (Å²) in [6.07, 6.45) is 9.81. The highest BCUT2D eigenvalue weighted by molar-refractivity contribution is 5.99. The smallest absolute Gasteiger partial charge is 0.246 e. The molecule has 2 saturated heterocycles. The van der Waals surface area contributed by atoms with E-state index in [4.69, 9.17) is 0 Å². The third-order valence-corrected chi connectivity index (χ3v) is 14.2. The number of aromatic nitrogens is 3. The van der Waals surface area contributed by atoms with Crippen LogP contribution in [0.3, 0.4) is 0 Å². The lowest BCUT2D eigenvalue weighted by Crippen LogP contribution is -2.62. The molecule has 2 aliphatic heterocycles. The number of allylic oxidation sites excluding steroid dienone is 1. The Morgan fingerprint density at radius 3 is 2.04 bits per heavy atom. The van der Waals surface area contributed by atoms with E-state index in [9.17, 15) is 28.8 Å². The zero-order chi connectivity index (χ0) is 52.6. The quantitative estimate of drug-likeness (QED) is 0.130. The van der Waals surface area contributed by atoms with Gasteiger partial charge in [-0.1, -0.05) is 77.8 Å². The van der Waals surface area contributed by atoms with Crippen molar-refractivity contribution in [2.75, 3.05) is 20.6 Å². The fraction of sp³-hybridized carbons (Fsp3) is 0.545. The Bertz CT molecular complexity index is 2640. The van der Waals surface area contributed by atoms with E-state index in [0.717, 1.165) is 16.5 Å². The van der Waals surface area contributed by atoms with Crippen LogP contribution in [0.5, 0.6) is 0 Å². The number of carbonyl (C=O) groups excluding carboxylic acids is 7. The van der Waals surface area contributed by atoms with E-state index < -0.39 is 89.2 Å². The first-order valence-electron chi connectivity index (χ1n) is 25.6. The van der Waals surface area contributed by atoms with Gasteiger partial charge in [-0.15, -0.1) is 6.58 Å². The van der Waals surface area contributed by atoms with Crippen LogP contribution in [0.4, 0.5) is 0 Å². The van der Waals surface area contributed by atoms with Gasteiger partial charge in [0.25, 0.3) is 0 Å². The number of hydrogen-bond acceptors (Lipinski definition) is 9. The highest BCUT2D eigenvalue weighted by Crippen LogP contribution is 2.30. The summed E-state index contributed by atoms with van der Waals surface area (Å²) in [4.78, 5) is 116. The topological polar surface area (TPSA) is 208 Å². The van der Waals surface area contributed by atoms with Gasteiger partial charge in [-0.2, -0.15) is 0 Å². The van der Waals surface area contributed by atoms with Crippen LogP contribution in [-0.2, 0) is 51.9 Å². The average molecular weight is 989 g/mol. The largest absolute Gasteiger partial charge is 0.343 e. The Kier molecular flexibility index (Phi) is 18.0. The molecular weight excluding hydrogens is 913 g/mol. The molecule has 0 aliphatic carbocycles. The normalized spacial score (nSPS) is 23.8. The third kappa shape index (κ3) is 12.7. The molecule has 2 bridgehead atoms. The van der Waals surface area contributed by atoms with Crippen molar-refractivity contribution >= 4 is 63.3 Å². The number of carbonyl (C=O) groups is 7. The fourth-order valence-electron chi connectivity index (χ4n) is 9.97. The van der Waals surface area contributed by atoms with Crippen molar-refractivity contribution in [2.24, 2.45) is 11.8 Å². The molecule has 2 aromatic carbocycles. The van der Waals surface area contributed by atoms with Crippen molar-refractivity contribution in [3.63, 3.8) is 0 Å². The number of para-hydroxylation sites is 1. The molecule has 2 aromatic heterocycles. The van der Waals surface area contributed by atoms with E-state index in [0.29, 0.717) is 42.3 Å². The molecule has 0 spiro atoms. The van der Waals surface area contributed by atoms with Gasteiger partial charge in [0.1, 0.15) is 42.3 Å². The molecule has 4 N–H and O–H groups in total. The van der Waals surface area contributed by atoms with E-state index in [2.05, 4.69) is 42.4 Å². The van der Waals surface area contributed by atoms with Gasteiger partial charge in [0.2, 0.25) is 41.4 Å². The maximum absolute atomic E-state index is 15.4. The number of hydrogen-bond donors (Lipinski definition) is 4. The number of likely N-dealkylation sites (N-methyl/N-ethyl adjacent to an activating group) is 2. The average Bonchev–Trinajstić information content (AvgIpc) is 3.73. The third-order valence-electron chi connectivity index (χ3n) is 14.2. The van der Waals surface area contributed by atoms with Crippen molar-refractivity contribution in [1.29, 1.82) is 0 Å². The minimum Gasteiger partial charge on any atom is -0.343 e. The summed E-state index contributed by atoms with van der Waals surface area (Å²) in [6, 6.07) is 5.43. The summed E-state index contributed by atoms with van der Waals surface area (Å²) >= 11 is 0. The number of piperidine rings is 1. The minimum absolute atomic E-state index is 0.00973. The van der Waals surface area contributed by atoms with Crippen LogP contribution < -0.4 is 21.3 Å². The van der Waals surface area contributed by atoms with Crippen LogP contribution >= 0.6 is 0 Å². The molecule has 4 heterocycles. The molecule has 6 rings (SSSR count). The molecule has 0 saturated carbocycles. The lowest BCUT2D eigenvalue weighted by atomic mass is 9.95. The van der Waals surface area contributed by atoms with Crippen molar-refractivity contribution in [2.45, 2.75) is 161 Å². The van der Waals surface area contributed by atoms with Crippen LogP contribution in [-0.4, -0.2) is 134 Å². The van der Waals surface area contributed by atoms with Crippen LogP contribution in [0.1, 0.15) is 111 Å². The Hall–Kier alpha value is -6.65. The number of benzene rings is 2. The first-order chi connectivity index (χ1) is 34.1. The molecule has 0 radical (unpaired) electrons. The maximum Gasteiger partial charge on any atom is 0.246 e. The Morgan fingerprint density at radius 1 is 0.736 bits per heavy atom. The fourth-order valence-corrected chi connectivity index (χ4v) is 9.97. The summed E-state index contributed by atoms with van der Waals surface area (Å²) < 4.78 is 2.08. The van der Waals surface area contributed by atoms with Crippen LogP contribution in [0.15, 0.2) is 73.7 Å². The van der Waals surface area contributed by atoms with Crippen LogP contribution in [0, 0.1) is 11.8 Å². The van der Waals surface area contributed by atoms with Crippen molar-refractivity contribution in [3.8, 4) is 0 Å². The second kappa shape index (κ2) is 23.7. The molecule has 17 nitrogen and oxygen atoms in total. The summed E-state index contributed by atoms with van der Waals surface area (Å²) in [7, 11) is 3.04. The van der Waals surface area contributed by atoms with Gasteiger partial charge in [-0.3, -0.25) is 43.5 Å². The van der Waals surface area contributed by atoms with Crippen LogP contribution in [0.25, 0.3) is 21.9 Å². The van der Waals surface area contributed by atoms with Gasteiger partial charge in [0.05, 0.1) is 16.6 Å². The number of amides is 7. The molecule has 7 atom stereocenters. The molecule has 2 aliphatic rings. The van der Waals surface area contributed by atoms with E-state index >= 15 is 4.79 Å². The first kappa shape index (κ1) is 54.7. The van der Waals surface area contributed by atoms with E-state index in [1.54, 1.807) is 30.6 Å². The lowest BCUT2D eigenvalue weighted by Gasteiger charge is -2.41. The lowest BCUT2D eigenvalue weighted by molar-refractivity contribution is -0.153. The van der Waals surface area contributed by atoms with Crippen molar-refractivity contribution in [1.82, 2.24) is 50.5 Å². The molecule has 4 aromatic rings. The maximum atomic E-state index is 15.4. The first-order valence-corrected chi connectivity index (χ1v) is 25.6. The van der Waals surface area contributed by atoms with E-state index in [-0.39, 0.29) is 50.5 Å². The Morgan fingerprint density at radius 2 is 1.36 bits per heavy atom. The molecule has 7 amide bonds. The van der Waals surface area contributed by atoms with Crippen molar-refractivity contribution in [3.05, 3.63) is 84.8 Å². The van der Waals surface area contributed by atoms with Gasteiger partial charge < -0.3 is 40.5 Å².